The second-order valence-corrected chi connectivity index (χ2v) is 5.92. The Balaban J connectivity index is 1.66. The summed E-state index contributed by atoms with van der Waals surface area (Å²) in [6, 6.07) is 12.6. The lowest BCUT2D eigenvalue weighted by atomic mass is 10.2. The van der Waals surface area contributed by atoms with Crippen LogP contribution in [0.3, 0.4) is 0 Å². The minimum Gasteiger partial charge on any atom is -0.505 e. The zero-order valence-corrected chi connectivity index (χ0v) is 14.3. The van der Waals surface area contributed by atoms with Crippen LogP contribution >= 0.6 is 0 Å². The van der Waals surface area contributed by atoms with Crippen molar-refractivity contribution < 1.29 is 24.1 Å². The predicted molar refractivity (Wildman–Crippen MR) is 96.8 cm³/mol. The summed E-state index contributed by atoms with van der Waals surface area (Å²) in [4.78, 5) is 15.2. The SMILES string of the molecule is O=C(O)COc1ccc2ccc(-c3cn(-c4ccc(O)c(F)c4)nn3)nc2c1. The Morgan fingerprint density at radius 3 is 2.71 bits per heavy atom. The molecule has 0 saturated heterocycles. The minimum atomic E-state index is -1.07. The molecule has 140 valence electrons. The Kier molecular flexibility index (Phi) is 4.32. The molecule has 8 nitrogen and oxygen atoms in total. The van der Waals surface area contributed by atoms with Crippen LogP contribution in [0.15, 0.2) is 54.7 Å². The molecule has 0 radical (unpaired) electrons. The molecule has 0 unspecified atom stereocenters. The van der Waals surface area contributed by atoms with Crippen LogP contribution in [0.1, 0.15) is 0 Å². The van der Waals surface area contributed by atoms with Gasteiger partial charge in [0, 0.05) is 17.5 Å². The van der Waals surface area contributed by atoms with E-state index in [0.717, 1.165) is 11.5 Å². The number of aliphatic carboxylic acids is 1. The molecular weight excluding hydrogens is 367 g/mol. The Hall–Kier alpha value is -4.01. The van der Waals surface area contributed by atoms with Crippen LogP contribution in [0.2, 0.25) is 0 Å². The van der Waals surface area contributed by atoms with Gasteiger partial charge < -0.3 is 14.9 Å². The molecule has 4 aromatic rings. The Morgan fingerprint density at radius 2 is 1.93 bits per heavy atom. The number of carbonyl (C=O) groups is 1. The summed E-state index contributed by atoms with van der Waals surface area (Å²) in [6.07, 6.45) is 1.59. The fourth-order valence-electron chi connectivity index (χ4n) is 2.62. The van der Waals surface area contributed by atoms with Crippen molar-refractivity contribution >= 4 is 16.9 Å². The summed E-state index contributed by atoms with van der Waals surface area (Å²) in [5.74, 6) is -1.87. The third-order valence-corrected chi connectivity index (χ3v) is 3.98. The van der Waals surface area contributed by atoms with Crippen molar-refractivity contribution in [3.8, 4) is 28.6 Å². The van der Waals surface area contributed by atoms with Crippen molar-refractivity contribution in [3.63, 3.8) is 0 Å². The van der Waals surface area contributed by atoms with Crippen molar-refractivity contribution in [2.75, 3.05) is 6.61 Å². The van der Waals surface area contributed by atoms with Gasteiger partial charge in [0.25, 0.3) is 0 Å². The quantitative estimate of drug-likeness (QED) is 0.548. The number of halogens is 1. The van der Waals surface area contributed by atoms with Gasteiger partial charge in [-0.2, -0.15) is 0 Å². The number of ether oxygens (including phenoxy) is 1. The average Bonchev–Trinajstić information content (AvgIpc) is 3.18. The van der Waals surface area contributed by atoms with Gasteiger partial charge in [0.05, 0.1) is 23.1 Å². The molecule has 0 bridgehead atoms. The third kappa shape index (κ3) is 3.45. The summed E-state index contributed by atoms with van der Waals surface area (Å²) in [7, 11) is 0. The van der Waals surface area contributed by atoms with E-state index in [2.05, 4.69) is 15.3 Å². The van der Waals surface area contributed by atoms with E-state index >= 15 is 0 Å². The molecule has 0 aliphatic heterocycles. The zero-order valence-electron chi connectivity index (χ0n) is 14.3. The molecule has 28 heavy (non-hydrogen) atoms. The smallest absolute Gasteiger partial charge is 0.341 e. The number of carboxylic acids is 1. The molecule has 0 saturated carbocycles. The van der Waals surface area contributed by atoms with Crippen molar-refractivity contribution in [1.29, 1.82) is 0 Å². The second-order valence-electron chi connectivity index (χ2n) is 5.92. The lowest BCUT2D eigenvalue weighted by molar-refractivity contribution is -0.139. The molecule has 4 rings (SSSR count). The first-order valence-electron chi connectivity index (χ1n) is 8.16. The van der Waals surface area contributed by atoms with Gasteiger partial charge in [0.1, 0.15) is 11.4 Å². The van der Waals surface area contributed by atoms with Crippen LogP contribution in [-0.4, -0.2) is 42.8 Å². The van der Waals surface area contributed by atoms with Crippen LogP contribution in [0.25, 0.3) is 28.0 Å². The number of carboxylic acid groups (broad SMARTS) is 1. The number of pyridine rings is 1. The van der Waals surface area contributed by atoms with Crippen LogP contribution in [0.5, 0.6) is 11.5 Å². The first kappa shape index (κ1) is 17.4. The maximum Gasteiger partial charge on any atom is 0.341 e. The molecule has 0 atom stereocenters. The van der Waals surface area contributed by atoms with E-state index < -0.39 is 24.1 Å². The van der Waals surface area contributed by atoms with Crippen LogP contribution in [0.4, 0.5) is 4.39 Å². The summed E-state index contributed by atoms with van der Waals surface area (Å²) in [5.41, 5.74) is 2.01. The number of aromatic nitrogens is 4. The van der Waals surface area contributed by atoms with Crippen molar-refractivity contribution in [2.45, 2.75) is 0 Å². The van der Waals surface area contributed by atoms with Gasteiger partial charge in [0.2, 0.25) is 0 Å². The predicted octanol–water partition coefficient (Wildman–Crippen LogP) is 2.79. The number of nitrogens with zero attached hydrogens (tertiary/aromatic N) is 4. The fourth-order valence-corrected chi connectivity index (χ4v) is 2.62. The zero-order chi connectivity index (χ0) is 19.7. The van der Waals surface area contributed by atoms with E-state index in [4.69, 9.17) is 9.84 Å². The van der Waals surface area contributed by atoms with E-state index in [0.29, 0.717) is 28.3 Å². The molecule has 0 fully saturated rings. The maximum absolute atomic E-state index is 13.5. The summed E-state index contributed by atoms with van der Waals surface area (Å²) in [6.45, 7) is -0.442. The van der Waals surface area contributed by atoms with E-state index in [-0.39, 0.29) is 0 Å². The average molecular weight is 380 g/mol. The number of phenolic OH excluding ortho intramolecular Hbond substituents is 1. The summed E-state index contributed by atoms with van der Waals surface area (Å²) in [5, 5.41) is 26.9. The van der Waals surface area contributed by atoms with Crippen molar-refractivity contribution in [1.82, 2.24) is 20.0 Å². The van der Waals surface area contributed by atoms with Gasteiger partial charge >= 0.3 is 5.97 Å². The van der Waals surface area contributed by atoms with Gasteiger partial charge in [-0.15, -0.1) is 5.10 Å². The molecule has 2 aromatic carbocycles. The van der Waals surface area contributed by atoms with Crippen molar-refractivity contribution in [2.24, 2.45) is 0 Å². The maximum atomic E-state index is 13.5. The van der Waals surface area contributed by atoms with E-state index in [1.165, 1.54) is 16.8 Å². The molecule has 0 spiro atoms. The molecule has 0 amide bonds. The van der Waals surface area contributed by atoms with E-state index in [1.54, 1.807) is 30.5 Å². The lowest BCUT2D eigenvalue weighted by Gasteiger charge is -2.05. The fraction of sp³-hybridized carbons (Fsp3) is 0.0526. The molecule has 9 heteroatoms. The number of aromatic hydroxyl groups is 1. The largest absolute Gasteiger partial charge is 0.505 e. The number of benzene rings is 2. The molecule has 2 N–H and O–H groups in total. The van der Waals surface area contributed by atoms with Gasteiger partial charge in [0.15, 0.2) is 18.2 Å². The number of fused-ring (bicyclic) bond motifs is 1. The summed E-state index contributed by atoms with van der Waals surface area (Å²) < 4.78 is 20.1. The van der Waals surface area contributed by atoms with E-state index in [9.17, 15) is 14.3 Å². The molecule has 2 heterocycles. The van der Waals surface area contributed by atoms with Gasteiger partial charge in [-0.25, -0.2) is 18.9 Å². The molecule has 2 aromatic heterocycles. The third-order valence-electron chi connectivity index (χ3n) is 3.98. The molecular formula is C19H13FN4O4. The highest BCUT2D eigenvalue weighted by molar-refractivity contribution is 5.82. The standard InChI is InChI=1S/C19H13FN4O4/c20-14-7-12(3-6-18(14)25)24-9-17(22-23-24)15-5-2-11-1-4-13(8-16(11)21-15)28-10-19(26)27/h1-9,25H,10H2,(H,26,27). The Bertz CT molecular complexity index is 1190. The Morgan fingerprint density at radius 1 is 1.11 bits per heavy atom. The van der Waals surface area contributed by atoms with Gasteiger partial charge in [-0.1, -0.05) is 11.3 Å². The Labute approximate surface area is 157 Å². The first-order valence-corrected chi connectivity index (χ1v) is 8.16. The second kappa shape index (κ2) is 6.95. The highest BCUT2D eigenvalue weighted by atomic mass is 19.1. The van der Waals surface area contributed by atoms with Crippen LogP contribution in [0, 0.1) is 5.82 Å². The molecule has 0 aliphatic rings. The number of hydrogen-bond donors (Lipinski definition) is 2. The van der Waals surface area contributed by atoms with Crippen molar-refractivity contribution in [3.05, 3.63) is 60.5 Å². The molecule has 0 aliphatic carbocycles. The van der Waals surface area contributed by atoms with Gasteiger partial charge in [-0.3, -0.25) is 0 Å². The number of phenols is 1. The van der Waals surface area contributed by atoms with Crippen LogP contribution in [-0.2, 0) is 4.79 Å². The van der Waals surface area contributed by atoms with Gasteiger partial charge in [-0.05, 0) is 30.3 Å². The topological polar surface area (TPSA) is 110 Å². The first-order chi connectivity index (χ1) is 13.5. The minimum absolute atomic E-state index is 0.391. The highest BCUT2D eigenvalue weighted by Gasteiger charge is 2.10. The monoisotopic (exact) mass is 380 g/mol. The number of rotatable bonds is 5. The highest BCUT2D eigenvalue weighted by Crippen LogP contribution is 2.24. The number of hydrogen-bond acceptors (Lipinski definition) is 6. The van der Waals surface area contributed by atoms with Crippen LogP contribution < -0.4 is 4.74 Å². The summed E-state index contributed by atoms with van der Waals surface area (Å²) >= 11 is 0. The van der Waals surface area contributed by atoms with E-state index in [1.807, 2.05) is 6.07 Å². The normalized spacial score (nSPS) is 10.9. The lowest BCUT2D eigenvalue weighted by Crippen LogP contribution is -2.09.